The molecule has 4 heterocycles. The van der Waals surface area contributed by atoms with Gasteiger partial charge in [-0.2, -0.15) is 0 Å². The van der Waals surface area contributed by atoms with E-state index in [4.69, 9.17) is 0 Å². The van der Waals surface area contributed by atoms with Crippen LogP contribution < -0.4 is 5.32 Å². The molecule has 1 amide bonds. The molecule has 0 saturated heterocycles. The number of nitrogens with one attached hydrogen (secondary N) is 2. The van der Waals surface area contributed by atoms with Crippen molar-refractivity contribution in [1.82, 2.24) is 34.9 Å². The summed E-state index contributed by atoms with van der Waals surface area (Å²) < 4.78 is 2.14. The Bertz CT molecular complexity index is 962. The van der Waals surface area contributed by atoms with Crippen molar-refractivity contribution in [1.29, 1.82) is 0 Å². The number of nitrogens with zero attached hydrogens (tertiary/aromatic N) is 5. The lowest BCUT2D eigenvalue weighted by molar-refractivity contribution is -0.133. The average molecular weight is 363 g/mol. The minimum Gasteiger partial charge on any atom is -0.348 e. The van der Waals surface area contributed by atoms with E-state index in [2.05, 4.69) is 30.0 Å². The van der Waals surface area contributed by atoms with Gasteiger partial charge in [-0.3, -0.25) is 4.79 Å². The predicted molar refractivity (Wildman–Crippen MR) is 98.8 cm³/mol. The number of aromatic amines is 1. The molecule has 0 saturated carbocycles. The molecule has 27 heavy (non-hydrogen) atoms. The smallest absolute Gasteiger partial charge is 0.246 e. The van der Waals surface area contributed by atoms with Gasteiger partial charge in [0.25, 0.3) is 0 Å². The second-order valence-electron chi connectivity index (χ2n) is 6.94. The molecule has 138 valence electrons. The third-order valence-corrected chi connectivity index (χ3v) is 5.37. The molecule has 2 N–H and O–H groups in total. The van der Waals surface area contributed by atoms with Crippen LogP contribution in [0.25, 0.3) is 11.4 Å². The fourth-order valence-corrected chi connectivity index (χ4v) is 3.95. The van der Waals surface area contributed by atoms with E-state index in [0.29, 0.717) is 26.1 Å². The van der Waals surface area contributed by atoms with E-state index < -0.39 is 0 Å². The number of hydrogen-bond acceptors (Lipinski definition) is 5. The monoisotopic (exact) mass is 363 g/mol. The van der Waals surface area contributed by atoms with Crippen molar-refractivity contribution in [2.45, 2.75) is 25.4 Å². The quantitative estimate of drug-likeness (QED) is 0.707. The zero-order chi connectivity index (χ0) is 18.2. The molecule has 1 atom stereocenters. The summed E-state index contributed by atoms with van der Waals surface area (Å²) in [6, 6.07) is 9.70. The minimum absolute atomic E-state index is 0.0861. The lowest BCUT2D eigenvalue weighted by Crippen LogP contribution is -2.45. The fourth-order valence-electron chi connectivity index (χ4n) is 3.95. The van der Waals surface area contributed by atoms with Gasteiger partial charge in [-0.05, 0) is 0 Å². The molecule has 0 bridgehead atoms. The first-order chi connectivity index (χ1) is 13.3. The summed E-state index contributed by atoms with van der Waals surface area (Å²) in [7, 11) is 0. The standard InChI is InChI=1S/C19H21N7O/c27-19(17-16-14(6-8-20-17)21-12-22-16)25-9-7-15-23-24-18(26(15)11-10-25)13-4-2-1-3-5-13/h1-5,12,17,20H,6-11H2,(H,21,22)/t17-/m0/s1. The molecule has 0 aliphatic carbocycles. The minimum atomic E-state index is -0.364. The molecule has 3 aromatic rings. The van der Waals surface area contributed by atoms with E-state index in [0.717, 1.165) is 41.6 Å². The molecule has 8 nitrogen and oxygen atoms in total. The first-order valence-electron chi connectivity index (χ1n) is 9.33. The first kappa shape index (κ1) is 16.2. The van der Waals surface area contributed by atoms with Crippen LogP contribution in [-0.2, 0) is 24.2 Å². The van der Waals surface area contributed by atoms with Crippen LogP contribution in [0.3, 0.4) is 0 Å². The Morgan fingerprint density at radius 1 is 1.07 bits per heavy atom. The molecule has 2 aliphatic heterocycles. The molecule has 8 heteroatoms. The highest BCUT2D eigenvalue weighted by Gasteiger charge is 2.33. The van der Waals surface area contributed by atoms with Crippen molar-refractivity contribution in [3.63, 3.8) is 0 Å². The molecule has 5 rings (SSSR count). The Morgan fingerprint density at radius 2 is 1.96 bits per heavy atom. The van der Waals surface area contributed by atoms with Crippen LogP contribution in [0.2, 0.25) is 0 Å². The maximum absolute atomic E-state index is 13.2. The summed E-state index contributed by atoms with van der Waals surface area (Å²) in [4.78, 5) is 22.6. The Labute approximate surface area is 156 Å². The lowest BCUT2D eigenvalue weighted by Gasteiger charge is -2.28. The van der Waals surface area contributed by atoms with Crippen molar-refractivity contribution < 1.29 is 4.79 Å². The van der Waals surface area contributed by atoms with Gasteiger partial charge in [0.05, 0.1) is 12.0 Å². The van der Waals surface area contributed by atoms with E-state index in [1.165, 1.54) is 0 Å². The van der Waals surface area contributed by atoms with Crippen molar-refractivity contribution in [2.75, 3.05) is 19.6 Å². The topological polar surface area (TPSA) is 91.7 Å². The number of hydrogen-bond donors (Lipinski definition) is 2. The highest BCUT2D eigenvalue weighted by Crippen LogP contribution is 2.24. The van der Waals surface area contributed by atoms with E-state index in [1.807, 2.05) is 35.2 Å². The van der Waals surface area contributed by atoms with Gasteiger partial charge >= 0.3 is 0 Å². The van der Waals surface area contributed by atoms with Crippen molar-refractivity contribution in [3.8, 4) is 11.4 Å². The summed E-state index contributed by atoms with van der Waals surface area (Å²) >= 11 is 0. The zero-order valence-corrected chi connectivity index (χ0v) is 14.9. The second-order valence-corrected chi connectivity index (χ2v) is 6.94. The van der Waals surface area contributed by atoms with Gasteiger partial charge in [0, 0.05) is 50.3 Å². The Morgan fingerprint density at radius 3 is 2.85 bits per heavy atom. The molecule has 1 aromatic carbocycles. The molecule has 2 aromatic heterocycles. The lowest BCUT2D eigenvalue weighted by atomic mass is 10.0. The number of carbonyl (C=O) groups excluding carboxylic acids is 1. The van der Waals surface area contributed by atoms with Crippen LogP contribution in [0.15, 0.2) is 36.7 Å². The summed E-state index contributed by atoms with van der Waals surface area (Å²) in [5.41, 5.74) is 2.94. The van der Waals surface area contributed by atoms with Gasteiger partial charge in [0.2, 0.25) is 5.91 Å². The van der Waals surface area contributed by atoms with Gasteiger partial charge in [-0.1, -0.05) is 30.3 Å². The first-order valence-corrected chi connectivity index (χ1v) is 9.33. The van der Waals surface area contributed by atoms with Gasteiger partial charge in [0.1, 0.15) is 11.9 Å². The maximum Gasteiger partial charge on any atom is 0.246 e. The summed E-state index contributed by atoms with van der Waals surface area (Å²) in [5, 5.41) is 12.1. The summed E-state index contributed by atoms with van der Waals surface area (Å²) in [5.74, 6) is 1.88. The van der Waals surface area contributed by atoms with Crippen LogP contribution in [0, 0.1) is 0 Å². The van der Waals surface area contributed by atoms with Crippen molar-refractivity contribution in [2.24, 2.45) is 0 Å². The number of fused-ring (bicyclic) bond motifs is 2. The molecule has 0 unspecified atom stereocenters. The number of rotatable bonds is 2. The molecule has 0 radical (unpaired) electrons. The van der Waals surface area contributed by atoms with E-state index in [-0.39, 0.29) is 11.9 Å². The molecule has 2 aliphatic rings. The Kier molecular flexibility index (Phi) is 3.97. The zero-order valence-electron chi connectivity index (χ0n) is 14.9. The highest BCUT2D eigenvalue weighted by molar-refractivity contribution is 5.83. The van der Waals surface area contributed by atoms with Crippen LogP contribution in [-0.4, -0.2) is 55.2 Å². The van der Waals surface area contributed by atoms with Gasteiger partial charge in [-0.15, -0.1) is 10.2 Å². The predicted octanol–water partition coefficient (Wildman–Crippen LogP) is 0.940. The van der Waals surface area contributed by atoms with Gasteiger partial charge < -0.3 is 19.8 Å². The van der Waals surface area contributed by atoms with Crippen LogP contribution in [0.5, 0.6) is 0 Å². The highest BCUT2D eigenvalue weighted by atomic mass is 16.2. The normalized spacial score (nSPS) is 19.3. The average Bonchev–Trinajstić information content (AvgIpc) is 3.30. The molecular formula is C19H21N7O. The fraction of sp³-hybridized carbons (Fsp3) is 0.368. The number of imidazole rings is 1. The van der Waals surface area contributed by atoms with Gasteiger partial charge in [0.15, 0.2) is 5.82 Å². The number of amides is 1. The molecule has 0 spiro atoms. The van der Waals surface area contributed by atoms with Crippen molar-refractivity contribution in [3.05, 3.63) is 53.9 Å². The van der Waals surface area contributed by atoms with Crippen molar-refractivity contribution >= 4 is 5.91 Å². The van der Waals surface area contributed by atoms with Crippen LogP contribution in [0.4, 0.5) is 0 Å². The number of aromatic nitrogens is 5. The second kappa shape index (κ2) is 6.62. The number of carbonyl (C=O) groups is 1. The maximum atomic E-state index is 13.2. The van der Waals surface area contributed by atoms with Crippen LogP contribution >= 0.6 is 0 Å². The van der Waals surface area contributed by atoms with Crippen LogP contribution in [0.1, 0.15) is 23.3 Å². The molecule has 0 fully saturated rings. The summed E-state index contributed by atoms with van der Waals surface area (Å²) in [6.45, 7) is 2.76. The largest absolute Gasteiger partial charge is 0.348 e. The van der Waals surface area contributed by atoms with E-state index in [9.17, 15) is 4.79 Å². The summed E-state index contributed by atoms with van der Waals surface area (Å²) in [6.07, 6.45) is 3.25. The molecular weight excluding hydrogens is 342 g/mol. The third-order valence-electron chi connectivity index (χ3n) is 5.37. The number of benzene rings is 1. The number of H-pyrrole nitrogens is 1. The Hall–Kier alpha value is -3.00. The van der Waals surface area contributed by atoms with Gasteiger partial charge in [-0.25, -0.2) is 4.98 Å². The Balaban J connectivity index is 1.37. The van der Waals surface area contributed by atoms with E-state index in [1.54, 1.807) is 6.33 Å². The SMILES string of the molecule is O=C([C@H]1NCCc2[nH]cnc21)N1CCc2nnc(-c3ccccc3)n2CC1. The third kappa shape index (κ3) is 2.82. The van der Waals surface area contributed by atoms with E-state index >= 15 is 0 Å².